The molecule has 0 fully saturated rings. The van der Waals surface area contributed by atoms with E-state index in [2.05, 4.69) is 31.5 Å². The highest BCUT2D eigenvalue weighted by molar-refractivity contribution is 9.10. The van der Waals surface area contributed by atoms with Gasteiger partial charge in [-0.2, -0.15) is 0 Å². The largest absolute Gasteiger partial charge is 0.460 e. The van der Waals surface area contributed by atoms with Crippen LogP contribution in [0.5, 0.6) is 0 Å². The molecule has 0 aromatic rings. The van der Waals surface area contributed by atoms with Crippen LogP contribution in [0.4, 0.5) is 9.59 Å². The van der Waals surface area contributed by atoms with Gasteiger partial charge in [-0.15, -0.1) is 0 Å². The third kappa shape index (κ3) is 18.6. The van der Waals surface area contributed by atoms with Crippen molar-refractivity contribution in [1.82, 2.24) is 15.5 Å². The molecule has 0 bridgehead atoms. The molecule has 9 nitrogen and oxygen atoms in total. The van der Waals surface area contributed by atoms with Crippen molar-refractivity contribution in [2.24, 2.45) is 0 Å². The van der Waals surface area contributed by atoms with E-state index in [9.17, 15) is 14.4 Å². The van der Waals surface area contributed by atoms with Crippen molar-refractivity contribution in [3.63, 3.8) is 0 Å². The molecule has 0 aliphatic carbocycles. The van der Waals surface area contributed by atoms with E-state index < -0.39 is 27.7 Å². The second-order valence-corrected chi connectivity index (χ2v) is 12.5. The van der Waals surface area contributed by atoms with E-state index >= 15 is 0 Å². The van der Waals surface area contributed by atoms with Crippen LogP contribution in [0.2, 0.25) is 0 Å². The smallest absolute Gasteiger partial charge is 0.407 e. The first-order chi connectivity index (χ1) is 14.9. The number of halogens is 1. The first-order valence-corrected chi connectivity index (χ1v) is 12.2. The Hall–Kier alpha value is -1.55. The van der Waals surface area contributed by atoms with E-state index in [0.717, 1.165) is 0 Å². The summed E-state index contributed by atoms with van der Waals surface area (Å²) in [5.41, 5.74) is -1.08. The molecule has 0 saturated heterocycles. The number of carbonyl (C=O) groups is 3. The number of esters is 1. The molecule has 10 heteroatoms. The zero-order valence-corrected chi connectivity index (χ0v) is 23.4. The van der Waals surface area contributed by atoms with Crippen LogP contribution in [0, 0.1) is 0 Å². The molecule has 0 aromatic carbocycles. The molecule has 0 spiro atoms. The number of alkyl halides is 1. The van der Waals surface area contributed by atoms with Gasteiger partial charge in [0.1, 0.15) is 21.6 Å². The lowest BCUT2D eigenvalue weighted by Crippen LogP contribution is -2.40. The van der Waals surface area contributed by atoms with Crippen LogP contribution in [0.3, 0.4) is 0 Å². The minimum absolute atomic E-state index is 0.313. The Morgan fingerprint density at radius 2 is 1.21 bits per heavy atom. The molecule has 1 atom stereocenters. The van der Waals surface area contributed by atoms with Gasteiger partial charge in [0.2, 0.25) is 0 Å². The van der Waals surface area contributed by atoms with E-state index in [-0.39, 0.29) is 12.1 Å². The first-order valence-electron chi connectivity index (χ1n) is 11.4. The Morgan fingerprint density at radius 1 is 0.818 bits per heavy atom. The molecule has 0 aliphatic rings. The number of hydrogen-bond acceptors (Lipinski definition) is 7. The number of alkyl carbamates (subject to hydrolysis) is 2. The molecule has 2 amide bonds. The molecule has 194 valence electrons. The van der Waals surface area contributed by atoms with Crippen LogP contribution in [0.15, 0.2) is 0 Å². The molecule has 0 radical (unpaired) electrons. The van der Waals surface area contributed by atoms with Crippen molar-refractivity contribution in [1.29, 1.82) is 0 Å². The van der Waals surface area contributed by atoms with Gasteiger partial charge in [0.15, 0.2) is 0 Å². The minimum atomic E-state index is -0.749. The standard InChI is InChI=1S/C23H44BrN3O6/c1-17(31-18(28)23(8,9)24)16-27(14-10-12-25-19(29)32-21(2,3)4)15-11-13-26-20(30)33-22(5,6)7/h17H,10-16H2,1-9H3,(H,25,29)(H,26,30). The van der Waals surface area contributed by atoms with Gasteiger partial charge >= 0.3 is 18.2 Å². The fourth-order valence-corrected chi connectivity index (χ4v) is 2.73. The first kappa shape index (κ1) is 31.4. The summed E-state index contributed by atoms with van der Waals surface area (Å²) in [6, 6.07) is 0. The number of nitrogens with zero attached hydrogens (tertiary/aromatic N) is 1. The number of hydrogen-bond donors (Lipinski definition) is 2. The van der Waals surface area contributed by atoms with E-state index in [0.29, 0.717) is 45.6 Å². The summed E-state index contributed by atoms with van der Waals surface area (Å²) in [5, 5.41) is 5.50. The molecule has 0 saturated carbocycles. The average molecular weight is 539 g/mol. The van der Waals surface area contributed by atoms with E-state index in [1.807, 2.05) is 48.5 Å². The summed E-state index contributed by atoms with van der Waals surface area (Å²) in [4.78, 5) is 37.9. The second kappa shape index (κ2) is 14.0. The number of rotatable bonds is 12. The molecule has 0 aliphatic heterocycles. The maximum absolute atomic E-state index is 12.1. The predicted molar refractivity (Wildman–Crippen MR) is 133 cm³/mol. The van der Waals surface area contributed by atoms with Gasteiger partial charge in [-0.05, 0) is 88.2 Å². The molecular weight excluding hydrogens is 494 g/mol. The van der Waals surface area contributed by atoms with Crippen LogP contribution >= 0.6 is 15.9 Å². The van der Waals surface area contributed by atoms with Crippen molar-refractivity contribution in [2.45, 2.75) is 96.8 Å². The zero-order chi connectivity index (χ0) is 25.9. The molecule has 0 rings (SSSR count). The van der Waals surface area contributed by atoms with Crippen LogP contribution in [-0.4, -0.2) is 77.4 Å². The second-order valence-electron chi connectivity index (χ2n) is 10.6. The molecule has 2 N–H and O–H groups in total. The molecule has 33 heavy (non-hydrogen) atoms. The van der Waals surface area contributed by atoms with Crippen LogP contribution in [0.1, 0.15) is 75.2 Å². The van der Waals surface area contributed by atoms with Crippen molar-refractivity contribution in [3.05, 3.63) is 0 Å². The Labute approximate surface area is 207 Å². The summed E-state index contributed by atoms with van der Waals surface area (Å²) >= 11 is 3.32. The Morgan fingerprint density at radius 3 is 1.55 bits per heavy atom. The molecule has 0 aromatic heterocycles. The molecule has 1 unspecified atom stereocenters. The molecule has 0 heterocycles. The fraction of sp³-hybridized carbons (Fsp3) is 0.870. The molecular formula is C23H44BrN3O6. The van der Waals surface area contributed by atoms with Crippen LogP contribution in [0.25, 0.3) is 0 Å². The Bertz CT molecular complexity index is 587. The normalized spacial score (nSPS) is 13.3. The highest BCUT2D eigenvalue weighted by Crippen LogP contribution is 2.18. The lowest BCUT2D eigenvalue weighted by atomic mass is 10.2. The quantitative estimate of drug-likeness (QED) is 0.166. The fourth-order valence-electron chi connectivity index (χ4n) is 2.63. The van der Waals surface area contributed by atoms with Gasteiger partial charge in [0.05, 0.1) is 0 Å². The van der Waals surface area contributed by atoms with Gasteiger partial charge in [0, 0.05) is 19.6 Å². The van der Waals surface area contributed by atoms with Crippen molar-refractivity contribution < 1.29 is 28.6 Å². The highest BCUT2D eigenvalue weighted by atomic mass is 79.9. The maximum atomic E-state index is 12.1. The number of ether oxygens (including phenoxy) is 3. The number of amides is 2. The van der Waals surface area contributed by atoms with Gasteiger partial charge < -0.3 is 24.8 Å². The van der Waals surface area contributed by atoms with E-state index in [4.69, 9.17) is 14.2 Å². The van der Waals surface area contributed by atoms with Gasteiger partial charge in [-0.25, -0.2) is 9.59 Å². The third-order valence-electron chi connectivity index (χ3n) is 3.95. The SMILES string of the molecule is CC(CN(CCCNC(=O)OC(C)(C)C)CCCNC(=O)OC(C)(C)C)OC(=O)C(C)(C)Br. The van der Waals surface area contributed by atoms with Crippen LogP contribution < -0.4 is 10.6 Å². The summed E-state index contributed by atoms with van der Waals surface area (Å²) < 4.78 is 15.3. The Kier molecular flexibility index (Phi) is 13.3. The van der Waals surface area contributed by atoms with E-state index in [1.54, 1.807) is 13.8 Å². The van der Waals surface area contributed by atoms with Crippen LogP contribution in [-0.2, 0) is 19.0 Å². The van der Waals surface area contributed by atoms with Crippen molar-refractivity contribution >= 4 is 34.1 Å². The van der Waals surface area contributed by atoms with E-state index in [1.165, 1.54) is 0 Å². The topological polar surface area (TPSA) is 106 Å². The highest BCUT2D eigenvalue weighted by Gasteiger charge is 2.27. The maximum Gasteiger partial charge on any atom is 0.407 e. The van der Waals surface area contributed by atoms with Gasteiger partial charge in [-0.3, -0.25) is 9.69 Å². The minimum Gasteiger partial charge on any atom is -0.460 e. The summed E-state index contributed by atoms with van der Waals surface area (Å²) in [6.45, 7) is 19.1. The number of carbonyl (C=O) groups excluding carboxylic acids is 3. The third-order valence-corrected chi connectivity index (χ3v) is 4.27. The lowest BCUT2D eigenvalue weighted by Gasteiger charge is -2.27. The Balaban J connectivity index is 4.64. The summed E-state index contributed by atoms with van der Waals surface area (Å²) in [7, 11) is 0. The van der Waals surface area contributed by atoms with Crippen molar-refractivity contribution in [2.75, 3.05) is 32.7 Å². The van der Waals surface area contributed by atoms with Gasteiger partial charge in [0.25, 0.3) is 0 Å². The van der Waals surface area contributed by atoms with Gasteiger partial charge in [-0.1, -0.05) is 15.9 Å². The monoisotopic (exact) mass is 537 g/mol. The van der Waals surface area contributed by atoms with Crippen molar-refractivity contribution in [3.8, 4) is 0 Å². The average Bonchev–Trinajstić information content (AvgIpc) is 2.58. The predicted octanol–water partition coefficient (Wildman–Crippen LogP) is 4.22. The lowest BCUT2D eigenvalue weighted by molar-refractivity contribution is -0.150. The zero-order valence-electron chi connectivity index (χ0n) is 21.8. The summed E-state index contributed by atoms with van der Waals surface area (Å²) in [6.07, 6.45) is 0.189. The number of nitrogens with one attached hydrogen (secondary N) is 2. The summed E-state index contributed by atoms with van der Waals surface area (Å²) in [5.74, 6) is -0.326.